The molecule has 2 aliphatic rings. The fourth-order valence-corrected chi connectivity index (χ4v) is 3.34. The Hall–Kier alpha value is -1.30. The molecule has 0 aromatic rings. The Bertz CT molecular complexity index is 532. The summed E-state index contributed by atoms with van der Waals surface area (Å²) in [7, 11) is 0. The van der Waals surface area contributed by atoms with Gasteiger partial charge < -0.3 is 0 Å². The smallest absolute Gasteiger partial charge is 0.00392 e. The molecule has 120 valence electrons. The normalized spacial score (nSPS) is 27.9. The minimum atomic E-state index is 0.621. The molecule has 0 heteroatoms. The van der Waals surface area contributed by atoms with Crippen LogP contribution in [0.4, 0.5) is 0 Å². The van der Waals surface area contributed by atoms with E-state index in [0.717, 1.165) is 11.8 Å². The van der Waals surface area contributed by atoms with Crippen molar-refractivity contribution in [2.24, 2.45) is 17.8 Å². The Morgan fingerprint density at radius 2 is 2.00 bits per heavy atom. The Labute approximate surface area is 137 Å². The summed E-state index contributed by atoms with van der Waals surface area (Å²) in [4.78, 5) is 0. The van der Waals surface area contributed by atoms with Crippen LogP contribution in [0.5, 0.6) is 0 Å². The minimum Gasteiger partial charge on any atom is -0.0914 e. The fraction of sp³-hybridized carbons (Fsp3) is 0.545. The first-order chi connectivity index (χ1) is 10.5. The van der Waals surface area contributed by atoms with E-state index in [4.69, 9.17) is 0 Å². The standard InChI is InChI=1S/C22H32/c1-6-8-20-15-21(20)10-7-9-19-14-22(13-18(19)5)17(4)12-11-16(2)3/h6,8,11-14,18,20-21H,7,9-10,15H2,1-5H3. The zero-order valence-corrected chi connectivity index (χ0v) is 15.0. The van der Waals surface area contributed by atoms with Gasteiger partial charge >= 0.3 is 0 Å². The molecule has 0 aromatic heterocycles. The topological polar surface area (TPSA) is 0 Å². The molecule has 2 aliphatic carbocycles. The second-order valence-electron chi connectivity index (χ2n) is 7.30. The molecule has 1 saturated carbocycles. The first-order valence-electron chi connectivity index (χ1n) is 8.88. The highest BCUT2D eigenvalue weighted by molar-refractivity contribution is 5.48. The molecule has 22 heavy (non-hydrogen) atoms. The lowest BCUT2D eigenvalue weighted by molar-refractivity contribution is 0.624. The predicted octanol–water partition coefficient (Wildman–Crippen LogP) is 6.78. The van der Waals surface area contributed by atoms with E-state index in [0.29, 0.717) is 5.92 Å². The molecule has 0 bridgehead atoms. The van der Waals surface area contributed by atoms with Gasteiger partial charge in [-0.1, -0.05) is 54.5 Å². The molecule has 0 spiro atoms. The van der Waals surface area contributed by atoms with E-state index in [1.165, 1.54) is 42.4 Å². The van der Waals surface area contributed by atoms with Crippen LogP contribution in [0.1, 0.15) is 60.3 Å². The van der Waals surface area contributed by atoms with Crippen LogP contribution >= 0.6 is 0 Å². The fourth-order valence-electron chi connectivity index (χ4n) is 3.34. The highest BCUT2D eigenvalue weighted by Crippen LogP contribution is 2.44. The van der Waals surface area contributed by atoms with Crippen molar-refractivity contribution in [2.75, 3.05) is 0 Å². The molecule has 0 heterocycles. The molecular formula is C22H32. The van der Waals surface area contributed by atoms with Crippen molar-refractivity contribution in [1.82, 2.24) is 0 Å². The lowest BCUT2D eigenvalue weighted by atomic mass is 9.98. The second kappa shape index (κ2) is 7.81. The maximum Gasteiger partial charge on any atom is -0.00392 e. The van der Waals surface area contributed by atoms with Crippen LogP contribution in [0.25, 0.3) is 0 Å². The molecule has 0 aromatic carbocycles. The molecule has 3 unspecified atom stereocenters. The number of hydrogen-bond acceptors (Lipinski definition) is 0. The lowest BCUT2D eigenvalue weighted by Crippen LogP contribution is -1.92. The van der Waals surface area contributed by atoms with Gasteiger partial charge in [0.2, 0.25) is 0 Å². The number of allylic oxidation sites excluding steroid dienone is 10. The molecule has 0 aliphatic heterocycles. The van der Waals surface area contributed by atoms with Crippen LogP contribution < -0.4 is 0 Å². The third-order valence-electron chi connectivity index (χ3n) is 4.93. The maximum absolute atomic E-state index is 2.44. The van der Waals surface area contributed by atoms with Crippen molar-refractivity contribution in [1.29, 1.82) is 0 Å². The molecule has 2 rings (SSSR count). The highest BCUT2D eigenvalue weighted by Gasteiger charge is 2.33. The predicted molar refractivity (Wildman–Crippen MR) is 98.8 cm³/mol. The van der Waals surface area contributed by atoms with Gasteiger partial charge in [-0.15, -0.1) is 0 Å². The molecule has 0 N–H and O–H groups in total. The third-order valence-corrected chi connectivity index (χ3v) is 4.93. The van der Waals surface area contributed by atoms with E-state index in [2.05, 4.69) is 71.1 Å². The van der Waals surface area contributed by atoms with Gasteiger partial charge in [-0.25, -0.2) is 0 Å². The Morgan fingerprint density at radius 3 is 2.68 bits per heavy atom. The zero-order valence-electron chi connectivity index (χ0n) is 15.0. The Morgan fingerprint density at radius 1 is 1.23 bits per heavy atom. The number of rotatable bonds is 7. The van der Waals surface area contributed by atoms with Crippen LogP contribution in [0.2, 0.25) is 0 Å². The van der Waals surface area contributed by atoms with Gasteiger partial charge in [-0.3, -0.25) is 0 Å². The van der Waals surface area contributed by atoms with Gasteiger partial charge in [-0.2, -0.15) is 0 Å². The van der Waals surface area contributed by atoms with Gasteiger partial charge in [0.1, 0.15) is 0 Å². The summed E-state index contributed by atoms with van der Waals surface area (Å²) in [6.45, 7) is 11.0. The summed E-state index contributed by atoms with van der Waals surface area (Å²) in [5, 5.41) is 0. The van der Waals surface area contributed by atoms with Crippen molar-refractivity contribution in [2.45, 2.75) is 60.3 Å². The third kappa shape index (κ3) is 4.87. The van der Waals surface area contributed by atoms with Gasteiger partial charge in [0.15, 0.2) is 0 Å². The summed E-state index contributed by atoms with van der Waals surface area (Å²) in [6.07, 6.45) is 19.4. The summed E-state index contributed by atoms with van der Waals surface area (Å²) >= 11 is 0. The van der Waals surface area contributed by atoms with E-state index < -0.39 is 0 Å². The van der Waals surface area contributed by atoms with E-state index in [9.17, 15) is 0 Å². The van der Waals surface area contributed by atoms with Crippen LogP contribution in [-0.4, -0.2) is 0 Å². The van der Waals surface area contributed by atoms with Crippen molar-refractivity contribution in [3.8, 4) is 0 Å². The Kier molecular flexibility index (Phi) is 6.06. The van der Waals surface area contributed by atoms with Gasteiger partial charge in [0, 0.05) is 0 Å². The van der Waals surface area contributed by atoms with Crippen molar-refractivity contribution < 1.29 is 0 Å². The van der Waals surface area contributed by atoms with E-state index in [1.807, 2.05) is 0 Å². The average molecular weight is 296 g/mol. The van der Waals surface area contributed by atoms with E-state index in [-0.39, 0.29) is 0 Å². The monoisotopic (exact) mass is 296 g/mol. The molecule has 0 radical (unpaired) electrons. The summed E-state index contributed by atoms with van der Waals surface area (Å²) in [5.74, 6) is 2.48. The van der Waals surface area contributed by atoms with Crippen LogP contribution in [0.15, 0.2) is 58.7 Å². The summed E-state index contributed by atoms with van der Waals surface area (Å²) in [6, 6.07) is 0. The first kappa shape index (κ1) is 17.1. The average Bonchev–Trinajstić information content (AvgIpc) is 3.09. The Balaban J connectivity index is 1.82. The largest absolute Gasteiger partial charge is 0.0914 e. The molecular weight excluding hydrogens is 264 g/mol. The van der Waals surface area contributed by atoms with Crippen LogP contribution in [0, 0.1) is 17.8 Å². The highest BCUT2D eigenvalue weighted by atomic mass is 14.4. The summed E-state index contributed by atoms with van der Waals surface area (Å²) < 4.78 is 0. The summed E-state index contributed by atoms with van der Waals surface area (Å²) in [5.41, 5.74) is 5.80. The van der Waals surface area contributed by atoms with Gasteiger partial charge in [-0.05, 0) is 82.3 Å². The van der Waals surface area contributed by atoms with Gasteiger partial charge in [0.05, 0.1) is 0 Å². The van der Waals surface area contributed by atoms with Gasteiger partial charge in [0.25, 0.3) is 0 Å². The lowest BCUT2D eigenvalue weighted by Gasteiger charge is -2.07. The molecule has 0 nitrogen and oxygen atoms in total. The minimum absolute atomic E-state index is 0.621. The van der Waals surface area contributed by atoms with Crippen LogP contribution in [0.3, 0.4) is 0 Å². The molecule has 0 saturated heterocycles. The molecule has 0 amide bonds. The maximum atomic E-state index is 2.44. The molecule has 1 fully saturated rings. The van der Waals surface area contributed by atoms with E-state index in [1.54, 1.807) is 5.57 Å². The van der Waals surface area contributed by atoms with Crippen molar-refractivity contribution in [3.05, 3.63) is 58.7 Å². The number of hydrogen-bond donors (Lipinski definition) is 0. The zero-order chi connectivity index (χ0) is 16.1. The quantitative estimate of drug-likeness (QED) is 0.358. The van der Waals surface area contributed by atoms with Crippen molar-refractivity contribution >= 4 is 0 Å². The van der Waals surface area contributed by atoms with Crippen molar-refractivity contribution in [3.63, 3.8) is 0 Å². The van der Waals surface area contributed by atoms with E-state index >= 15 is 0 Å². The molecule has 3 atom stereocenters. The SMILES string of the molecule is CC=CC1CC1CCCC1=CC(C(C)=CC=C(C)C)=CC1C. The first-order valence-corrected chi connectivity index (χ1v) is 8.88. The van der Waals surface area contributed by atoms with Crippen LogP contribution in [-0.2, 0) is 0 Å². The second-order valence-corrected chi connectivity index (χ2v) is 7.30.